The van der Waals surface area contributed by atoms with Crippen LogP contribution in [0.4, 0.5) is 0 Å². The van der Waals surface area contributed by atoms with Crippen molar-refractivity contribution in [2.45, 2.75) is 6.61 Å². The van der Waals surface area contributed by atoms with E-state index in [1.165, 1.54) is 21.3 Å². The lowest BCUT2D eigenvalue weighted by atomic mass is 9.96. The van der Waals surface area contributed by atoms with Gasteiger partial charge in [0.15, 0.2) is 11.5 Å². The lowest BCUT2D eigenvalue weighted by Crippen LogP contribution is -2.31. The van der Waals surface area contributed by atoms with Gasteiger partial charge >= 0.3 is 0 Å². The highest BCUT2D eigenvalue weighted by atomic mass is 16.7. The van der Waals surface area contributed by atoms with Crippen LogP contribution in [0.5, 0.6) is 17.2 Å². The van der Waals surface area contributed by atoms with Crippen LogP contribution >= 0.6 is 0 Å². The SMILES string of the molecule is COc1cc(CON2C(=O)C(c3ccccc3)=C(c3ccccc3)C2=O)cc(OC)c1OC. The number of ether oxygens (including phenoxy) is 3. The molecule has 3 aromatic carbocycles. The van der Waals surface area contributed by atoms with Gasteiger partial charge in [-0.2, -0.15) is 0 Å². The van der Waals surface area contributed by atoms with E-state index in [1.54, 1.807) is 36.4 Å². The van der Waals surface area contributed by atoms with E-state index in [0.29, 0.717) is 45.1 Å². The van der Waals surface area contributed by atoms with Crippen LogP contribution in [0.25, 0.3) is 11.1 Å². The summed E-state index contributed by atoms with van der Waals surface area (Å²) in [5, 5.41) is 0.813. The molecule has 1 aliphatic heterocycles. The van der Waals surface area contributed by atoms with Gasteiger partial charge in [0.05, 0.1) is 32.5 Å². The molecule has 0 bridgehead atoms. The number of carbonyl (C=O) groups excluding carboxylic acids is 2. The Labute approximate surface area is 191 Å². The quantitative estimate of drug-likeness (QED) is 0.486. The Morgan fingerprint density at radius 1 is 0.667 bits per heavy atom. The van der Waals surface area contributed by atoms with Gasteiger partial charge in [0.2, 0.25) is 5.75 Å². The molecule has 0 aromatic heterocycles. The minimum absolute atomic E-state index is 0.0572. The monoisotopic (exact) mass is 445 g/mol. The van der Waals surface area contributed by atoms with Gasteiger partial charge in [0.25, 0.3) is 11.8 Å². The second-order valence-electron chi connectivity index (χ2n) is 7.19. The van der Waals surface area contributed by atoms with Crippen molar-refractivity contribution in [2.75, 3.05) is 21.3 Å². The molecule has 168 valence electrons. The summed E-state index contributed by atoms with van der Waals surface area (Å²) in [5.41, 5.74) is 2.54. The van der Waals surface area contributed by atoms with Gasteiger partial charge in [0, 0.05) is 0 Å². The van der Waals surface area contributed by atoms with Crippen LogP contribution in [0.3, 0.4) is 0 Å². The number of rotatable bonds is 8. The zero-order chi connectivity index (χ0) is 23.4. The normalized spacial score (nSPS) is 13.5. The van der Waals surface area contributed by atoms with Crippen molar-refractivity contribution in [3.05, 3.63) is 89.5 Å². The van der Waals surface area contributed by atoms with E-state index in [1.807, 2.05) is 36.4 Å². The number of hydroxylamine groups is 2. The molecule has 4 rings (SSSR count). The number of amides is 2. The molecule has 7 heteroatoms. The lowest BCUT2D eigenvalue weighted by molar-refractivity contribution is -0.188. The second kappa shape index (κ2) is 9.58. The molecular weight excluding hydrogens is 422 g/mol. The highest BCUT2D eigenvalue weighted by Crippen LogP contribution is 2.39. The van der Waals surface area contributed by atoms with Crippen molar-refractivity contribution in [2.24, 2.45) is 0 Å². The molecule has 0 spiro atoms. The predicted octanol–water partition coefficient (Wildman–Crippen LogP) is 4.12. The molecule has 3 aromatic rings. The minimum atomic E-state index is -0.516. The first-order valence-corrected chi connectivity index (χ1v) is 10.2. The predicted molar refractivity (Wildman–Crippen MR) is 122 cm³/mol. The van der Waals surface area contributed by atoms with Crippen molar-refractivity contribution >= 4 is 23.0 Å². The zero-order valence-electron chi connectivity index (χ0n) is 18.5. The van der Waals surface area contributed by atoms with Gasteiger partial charge in [-0.3, -0.25) is 14.4 Å². The largest absolute Gasteiger partial charge is 0.493 e. The Kier molecular flexibility index (Phi) is 6.42. The number of hydrogen-bond donors (Lipinski definition) is 0. The number of methoxy groups -OCH3 is 3. The summed E-state index contributed by atoms with van der Waals surface area (Å²) in [4.78, 5) is 32.4. The van der Waals surface area contributed by atoms with Gasteiger partial charge in [-0.25, -0.2) is 0 Å². The van der Waals surface area contributed by atoms with Gasteiger partial charge in [-0.1, -0.05) is 60.7 Å². The number of benzene rings is 3. The van der Waals surface area contributed by atoms with E-state index in [9.17, 15) is 9.59 Å². The first-order chi connectivity index (χ1) is 16.1. The van der Waals surface area contributed by atoms with Crippen LogP contribution in [-0.4, -0.2) is 38.2 Å². The average Bonchev–Trinajstić information content (AvgIpc) is 3.12. The Hall–Kier alpha value is -4.10. The van der Waals surface area contributed by atoms with E-state index in [0.717, 1.165) is 5.06 Å². The van der Waals surface area contributed by atoms with Crippen LogP contribution in [0.1, 0.15) is 16.7 Å². The summed E-state index contributed by atoms with van der Waals surface area (Å²) in [5.74, 6) is 0.302. The van der Waals surface area contributed by atoms with Crippen molar-refractivity contribution in [3.63, 3.8) is 0 Å². The Morgan fingerprint density at radius 2 is 1.12 bits per heavy atom. The maximum absolute atomic E-state index is 13.3. The molecule has 0 saturated heterocycles. The summed E-state index contributed by atoms with van der Waals surface area (Å²) in [6, 6.07) is 21.6. The highest BCUT2D eigenvalue weighted by molar-refractivity contribution is 6.48. The molecule has 0 aliphatic carbocycles. The fraction of sp³-hybridized carbons (Fsp3) is 0.154. The standard InChI is InChI=1S/C26H23NO6/c1-30-20-14-17(15-21(31-2)24(20)32-3)16-33-27-25(28)22(18-10-6-4-7-11-18)23(26(27)29)19-12-8-5-9-13-19/h4-15H,16H2,1-3H3. The Balaban J connectivity index is 1.66. The van der Waals surface area contributed by atoms with Gasteiger partial charge < -0.3 is 14.2 Å². The fourth-order valence-corrected chi connectivity index (χ4v) is 3.73. The molecule has 0 atom stereocenters. The molecule has 0 fully saturated rings. The van der Waals surface area contributed by atoms with E-state index >= 15 is 0 Å². The number of hydrogen-bond acceptors (Lipinski definition) is 6. The van der Waals surface area contributed by atoms with Crippen LogP contribution in [0.15, 0.2) is 72.8 Å². The minimum Gasteiger partial charge on any atom is -0.493 e. The lowest BCUT2D eigenvalue weighted by Gasteiger charge is -2.17. The third-order valence-corrected chi connectivity index (χ3v) is 5.26. The third-order valence-electron chi connectivity index (χ3n) is 5.26. The number of imide groups is 1. The Morgan fingerprint density at radius 3 is 1.52 bits per heavy atom. The summed E-state index contributed by atoms with van der Waals surface area (Å²) >= 11 is 0. The molecule has 0 N–H and O–H groups in total. The smallest absolute Gasteiger partial charge is 0.286 e. The highest BCUT2D eigenvalue weighted by Gasteiger charge is 2.40. The molecule has 1 aliphatic rings. The molecule has 0 unspecified atom stereocenters. The second-order valence-corrected chi connectivity index (χ2v) is 7.19. The summed E-state index contributed by atoms with van der Waals surface area (Å²) in [6.45, 7) is -0.0572. The topological polar surface area (TPSA) is 74.3 Å². The molecule has 0 saturated carbocycles. The van der Waals surface area contributed by atoms with Crippen molar-refractivity contribution < 1.29 is 28.6 Å². The van der Waals surface area contributed by atoms with Crippen molar-refractivity contribution in [1.29, 1.82) is 0 Å². The average molecular weight is 445 g/mol. The Bertz CT molecular complexity index is 1120. The number of nitrogens with zero attached hydrogens (tertiary/aromatic N) is 1. The van der Waals surface area contributed by atoms with Gasteiger partial charge in [0.1, 0.15) is 6.61 Å². The summed E-state index contributed by atoms with van der Waals surface area (Å²) in [6.07, 6.45) is 0. The van der Waals surface area contributed by atoms with Crippen LogP contribution in [-0.2, 0) is 21.0 Å². The van der Waals surface area contributed by atoms with Crippen molar-refractivity contribution in [1.82, 2.24) is 5.06 Å². The first-order valence-electron chi connectivity index (χ1n) is 10.2. The summed E-state index contributed by atoms with van der Waals surface area (Å²) in [7, 11) is 4.54. The van der Waals surface area contributed by atoms with Crippen LogP contribution < -0.4 is 14.2 Å². The van der Waals surface area contributed by atoms with E-state index < -0.39 is 11.8 Å². The zero-order valence-corrected chi connectivity index (χ0v) is 18.5. The third kappa shape index (κ3) is 4.18. The summed E-state index contributed by atoms with van der Waals surface area (Å²) < 4.78 is 16.1. The molecule has 1 heterocycles. The molecule has 33 heavy (non-hydrogen) atoms. The maximum atomic E-state index is 13.3. The van der Waals surface area contributed by atoms with E-state index in [-0.39, 0.29) is 6.61 Å². The number of carbonyl (C=O) groups is 2. The molecule has 2 amide bonds. The van der Waals surface area contributed by atoms with Crippen molar-refractivity contribution in [3.8, 4) is 17.2 Å². The van der Waals surface area contributed by atoms with Gasteiger partial charge in [-0.05, 0) is 28.8 Å². The molecule has 0 radical (unpaired) electrons. The molecular formula is C26H23NO6. The molecule has 7 nitrogen and oxygen atoms in total. The first kappa shape index (κ1) is 22.1. The van der Waals surface area contributed by atoms with E-state index in [4.69, 9.17) is 19.0 Å². The maximum Gasteiger partial charge on any atom is 0.286 e. The van der Waals surface area contributed by atoms with Crippen LogP contribution in [0.2, 0.25) is 0 Å². The van der Waals surface area contributed by atoms with Gasteiger partial charge in [-0.15, -0.1) is 5.06 Å². The van der Waals surface area contributed by atoms with Crippen LogP contribution in [0, 0.1) is 0 Å². The fourth-order valence-electron chi connectivity index (χ4n) is 3.73. The van der Waals surface area contributed by atoms with E-state index in [2.05, 4.69) is 0 Å².